The van der Waals surface area contributed by atoms with Crippen molar-refractivity contribution in [3.05, 3.63) is 37.4 Å². The van der Waals surface area contributed by atoms with Gasteiger partial charge in [0.1, 0.15) is 12.7 Å². The van der Waals surface area contributed by atoms with Crippen LogP contribution in [0.1, 0.15) is 52.4 Å². The molecule has 1 unspecified atom stereocenters. The summed E-state index contributed by atoms with van der Waals surface area (Å²) in [6, 6.07) is -0.190. The van der Waals surface area contributed by atoms with Gasteiger partial charge in [-0.05, 0) is 25.2 Å². The highest BCUT2D eigenvalue weighted by Crippen LogP contribution is 2.33. The quantitative estimate of drug-likeness (QED) is 0.759. The Balaban J connectivity index is 0.000000189. The minimum absolute atomic E-state index is 0.0302. The second kappa shape index (κ2) is 10.5. The molecule has 1 aliphatic carbocycles. The highest BCUT2D eigenvalue weighted by atomic mass is 16.5. The SMILES string of the molecule is CCOC(=O)CCC(C)C1CCCC1.O=C(n1ccnc1)n1ccnc1. The summed E-state index contributed by atoms with van der Waals surface area (Å²) in [6.45, 7) is 4.64. The van der Waals surface area contributed by atoms with Crippen LogP contribution < -0.4 is 0 Å². The van der Waals surface area contributed by atoms with E-state index in [2.05, 4.69) is 16.9 Å². The summed E-state index contributed by atoms with van der Waals surface area (Å²) in [5, 5.41) is 0. The molecule has 1 aliphatic rings. The second-order valence-electron chi connectivity index (χ2n) is 6.59. The lowest BCUT2D eigenvalue weighted by molar-refractivity contribution is -0.143. The van der Waals surface area contributed by atoms with Crippen molar-refractivity contribution in [2.75, 3.05) is 6.61 Å². The Kier molecular flexibility index (Phi) is 8.05. The molecule has 0 radical (unpaired) electrons. The summed E-state index contributed by atoms with van der Waals surface area (Å²) in [4.78, 5) is 30.1. The van der Waals surface area contributed by atoms with Gasteiger partial charge in [-0.25, -0.2) is 14.8 Å². The molecule has 1 fully saturated rings. The second-order valence-corrected chi connectivity index (χ2v) is 6.59. The van der Waals surface area contributed by atoms with E-state index in [1.165, 1.54) is 47.5 Å². The summed E-state index contributed by atoms with van der Waals surface area (Å²) in [6.07, 6.45) is 16.3. The van der Waals surface area contributed by atoms with Crippen LogP contribution in [0.15, 0.2) is 37.4 Å². The molecule has 0 N–H and O–H groups in total. The number of hydrogen-bond donors (Lipinski definition) is 0. The average molecular weight is 360 g/mol. The van der Waals surface area contributed by atoms with Crippen LogP contribution in [-0.4, -0.2) is 37.7 Å². The van der Waals surface area contributed by atoms with Gasteiger partial charge in [0, 0.05) is 31.2 Å². The number of nitrogens with zero attached hydrogens (tertiary/aromatic N) is 4. The number of hydrogen-bond acceptors (Lipinski definition) is 5. The Bertz CT molecular complexity index is 610. The normalized spacial score (nSPS) is 15.2. The molecule has 2 heterocycles. The number of carbonyl (C=O) groups excluding carboxylic acids is 2. The summed E-state index contributed by atoms with van der Waals surface area (Å²) in [5.74, 6) is 1.53. The summed E-state index contributed by atoms with van der Waals surface area (Å²) in [7, 11) is 0. The van der Waals surface area contributed by atoms with Crippen LogP contribution >= 0.6 is 0 Å². The largest absolute Gasteiger partial charge is 0.466 e. The number of esters is 1. The molecular weight excluding hydrogens is 332 g/mol. The van der Waals surface area contributed by atoms with Crippen LogP contribution in [0.2, 0.25) is 0 Å². The van der Waals surface area contributed by atoms with E-state index >= 15 is 0 Å². The van der Waals surface area contributed by atoms with Gasteiger partial charge in [0.05, 0.1) is 6.61 Å². The molecule has 26 heavy (non-hydrogen) atoms. The van der Waals surface area contributed by atoms with Gasteiger partial charge >= 0.3 is 12.0 Å². The lowest BCUT2D eigenvalue weighted by Gasteiger charge is -2.17. The monoisotopic (exact) mass is 360 g/mol. The third kappa shape index (κ3) is 6.13. The molecule has 7 nitrogen and oxygen atoms in total. The Morgan fingerprint density at radius 2 is 1.69 bits per heavy atom. The van der Waals surface area contributed by atoms with Gasteiger partial charge in [0.15, 0.2) is 0 Å². The van der Waals surface area contributed by atoms with Crippen molar-refractivity contribution in [1.82, 2.24) is 19.1 Å². The fourth-order valence-corrected chi connectivity index (χ4v) is 3.22. The van der Waals surface area contributed by atoms with E-state index in [0.29, 0.717) is 18.9 Å². The van der Waals surface area contributed by atoms with Gasteiger partial charge in [-0.15, -0.1) is 0 Å². The third-order valence-electron chi connectivity index (χ3n) is 4.76. The van der Waals surface area contributed by atoms with Crippen LogP contribution in [0.5, 0.6) is 0 Å². The van der Waals surface area contributed by atoms with Crippen molar-refractivity contribution >= 4 is 12.0 Å². The molecule has 0 aliphatic heterocycles. The lowest BCUT2D eigenvalue weighted by atomic mass is 9.89. The maximum atomic E-state index is 11.4. The first-order valence-electron chi connectivity index (χ1n) is 9.28. The number of imidazole rings is 2. The zero-order chi connectivity index (χ0) is 18.8. The fraction of sp³-hybridized carbons (Fsp3) is 0.579. The Labute approximate surface area is 154 Å². The van der Waals surface area contributed by atoms with Gasteiger partial charge in [-0.2, -0.15) is 0 Å². The number of rotatable bonds is 5. The van der Waals surface area contributed by atoms with Crippen LogP contribution in [0.25, 0.3) is 0 Å². The molecule has 1 atom stereocenters. The third-order valence-corrected chi connectivity index (χ3v) is 4.76. The van der Waals surface area contributed by atoms with Crippen molar-refractivity contribution in [2.24, 2.45) is 11.8 Å². The molecule has 1 saturated carbocycles. The van der Waals surface area contributed by atoms with Gasteiger partial charge in [0.25, 0.3) is 0 Å². The molecule has 0 amide bonds. The predicted molar refractivity (Wildman–Crippen MR) is 97.6 cm³/mol. The van der Waals surface area contributed by atoms with Gasteiger partial charge in [-0.1, -0.05) is 32.6 Å². The molecule has 0 bridgehead atoms. The fourth-order valence-electron chi connectivity index (χ4n) is 3.22. The van der Waals surface area contributed by atoms with E-state index in [4.69, 9.17) is 4.74 Å². The molecule has 0 aromatic carbocycles. The highest BCUT2D eigenvalue weighted by Gasteiger charge is 2.21. The Morgan fingerprint density at radius 1 is 1.12 bits per heavy atom. The van der Waals surface area contributed by atoms with Crippen molar-refractivity contribution in [3.8, 4) is 0 Å². The van der Waals surface area contributed by atoms with Gasteiger partial charge < -0.3 is 4.74 Å². The van der Waals surface area contributed by atoms with E-state index in [9.17, 15) is 9.59 Å². The molecule has 2 aromatic heterocycles. The van der Waals surface area contributed by atoms with Crippen molar-refractivity contribution in [1.29, 1.82) is 0 Å². The van der Waals surface area contributed by atoms with Gasteiger partial charge in [0.2, 0.25) is 0 Å². The first kappa shape index (κ1) is 19.9. The highest BCUT2D eigenvalue weighted by molar-refractivity contribution is 5.78. The standard InChI is InChI=1S/C12H22O2.C7H6N4O/c1-3-14-12(13)9-8-10(2)11-6-4-5-7-11;12-7(10-3-1-8-5-10)11-4-2-9-6-11/h10-11H,3-9H2,1-2H3;1-6H. The zero-order valence-electron chi connectivity index (χ0n) is 15.6. The van der Waals surface area contributed by atoms with Crippen LogP contribution in [0.4, 0.5) is 4.79 Å². The number of ether oxygens (including phenoxy) is 1. The van der Waals surface area contributed by atoms with E-state index < -0.39 is 0 Å². The van der Waals surface area contributed by atoms with Crippen molar-refractivity contribution in [3.63, 3.8) is 0 Å². The van der Waals surface area contributed by atoms with Crippen molar-refractivity contribution < 1.29 is 14.3 Å². The molecule has 142 valence electrons. The van der Waals surface area contributed by atoms with Crippen molar-refractivity contribution in [2.45, 2.75) is 52.4 Å². The van der Waals surface area contributed by atoms with Crippen LogP contribution in [-0.2, 0) is 9.53 Å². The Hall–Kier alpha value is -2.44. The first-order chi connectivity index (χ1) is 12.6. The zero-order valence-corrected chi connectivity index (χ0v) is 15.6. The molecule has 3 rings (SSSR count). The van der Waals surface area contributed by atoms with Gasteiger partial charge in [-0.3, -0.25) is 13.9 Å². The number of aromatic nitrogens is 4. The maximum Gasteiger partial charge on any atom is 0.338 e. The summed E-state index contributed by atoms with van der Waals surface area (Å²) >= 11 is 0. The van der Waals surface area contributed by atoms with E-state index in [-0.39, 0.29) is 12.0 Å². The van der Waals surface area contributed by atoms with E-state index in [1.54, 1.807) is 24.8 Å². The van der Waals surface area contributed by atoms with Crippen LogP contribution in [0, 0.1) is 11.8 Å². The molecular formula is C19H28N4O3. The Morgan fingerprint density at radius 3 is 2.15 bits per heavy atom. The minimum atomic E-state index is -0.190. The molecule has 7 heteroatoms. The molecule has 0 spiro atoms. The summed E-state index contributed by atoms with van der Waals surface area (Å²) in [5.41, 5.74) is 0. The average Bonchev–Trinajstić information content (AvgIpc) is 3.42. The smallest absolute Gasteiger partial charge is 0.338 e. The topological polar surface area (TPSA) is 79.0 Å². The van der Waals surface area contributed by atoms with Crippen LogP contribution in [0.3, 0.4) is 0 Å². The van der Waals surface area contributed by atoms with E-state index in [0.717, 1.165) is 12.3 Å². The maximum absolute atomic E-state index is 11.4. The minimum Gasteiger partial charge on any atom is -0.466 e. The molecule has 0 saturated heterocycles. The number of carbonyl (C=O) groups is 2. The predicted octanol–water partition coefficient (Wildman–Crippen LogP) is 3.75. The molecule has 2 aromatic rings. The lowest BCUT2D eigenvalue weighted by Crippen LogP contribution is -2.15. The first-order valence-corrected chi connectivity index (χ1v) is 9.28. The summed E-state index contributed by atoms with van der Waals surface area (Å²) < 4.78 is 7.67. The van der Waals surface area contributed by atoms with E-state index in [1.807, 2.05) is 6.92 Å².